The largest absolute Gasteiger partial charge is 0.368 e. The SMILES string of the molecule is Cl.NC(=O)C12CCCC(CC1)N2Cc1ccccc1. The molecule has 2 aliphatic heterocycles. The number of rotatable bonds is 3. The van der Waals surface area contributed by atoms with Crippen molar-refractivity contribution in [3.63, 3.8) is 0 Å². The van der Waals surface area contributed by atoms with E-state index in [1.165, 1.54) is 12.0 Å². The third-order valence-corrected chi connectivity index (χ3v) is 4.66. The lowest BCUT2D eigenvalue weighted by Crippen LogP contribution is -2.57. The van der Waals surface area contributed by atoms with Crippen LogP contribution in [0, 0.1) is 0 Å². The number of halogens is 1. The Morgan fingerprint density at radius 3 is 2.68 bits per heavy atom. The molecule has 1 aromatic carbocycles. The van der Waals surface area contributed by atoms with Crippen molar-refractivity contribution in [2.75, 3.05) is 0 Å². The number of carbonyl (C=O) groups excluding carboxylic acids is 1. The van der Waals surface area contributed by atoms with Crippen molar-refractivity contribution in [2.24, 2.45) is 5.73 Å². The molecule has 0 aromatic heterocycles. The van der Waals surface area contributed by atoms with Gasteiger partial charge in [0, 0.05) is 12.6 Å². The Morgan fingerprint density at radius 1 is 1.26 bits per heavy atom. The number of nitrogens with zero attached hydrogens (tertiary/aromatic N) is 1. The number of primary amides is 1. The van der Waals surface area contributed by atoms with Gasteiger partial charge in [0.05, 0.1) is 0 Å². The summed E-state index contributed by atoms with van der Waals surface area (Å²) in [4.78, 5) is 14.3. The van der Waals surface area contributed by atoms with Crippen LogP contribution in [-0.2, 0) is 11.3 Å². The van der Waals surface area contributed by atoms with Gasteiger partial charge in [0.2, 0.25) is 5.91 Å². The zero-order valence-electron chi connectivity index (χ0n) is 11.0. The van der Waals surface area contributed by atoms with E-state index in [0.717, 1.165) is 32.2 Å². The first-order chi connectivity index (χ1) is 8.72. The predicted octanol–water partition coefficient (Wildman–Crippen LogP) is 2.48. The van der Waals surface area contributed by atoms with Crippen LogP contribution in [0.1, 0.15) is 37.7 Å². The highest BCUT2D eigenvalue weighted by atomic mass is 35.5. The molecule has 3 rings (SSSR count). The maximum Gasteiger partial charge on any atom is 0.237 e. The molecule has 2 heterocycles. The molecule has 2 unspecified atom stereocenters. The van der Waals surface area contributed by atoms with Crippen molar-refractivity contribution < 1.29 is 4.79 Å². The lowest BCUT2D eigenvalue weighted by molar-refractivity contribution is -0.132. The Hall–Kier alpha value is -1.06. The first-order valence-corrected chi connectivity index (χ1v) is 6.83. The maximum absolute atomic E-state index is 11.9. The number of carbonyl (C=O) groups is 1. The van der Waals surface area contributed by atoms with E-state index in [-0.39, 0.29) is 23.9 Å². The van der Waals surface area contributed by atoms with E-state index in [1.54, 1.807) is 0 Å². The Kier molecular flexibility index (Phi) is 4.16. The van der Waals surface area contributed by atoms with E-state index >= 15 is 0 Å². The van der Waals surface area contributed by atoms with Gasteiger partial charge in [-0.05, 0) is 37.7 Å². The first-order valence-electron chi connectivity index (χ1n) is 6.83. The molecule has 0 radical (unpaired) electrons. The summed E-state index contributed by atoms with van der Waals surface area (Å²) in [5.41, 5.74) is 6.62. The smallest absolute Gasteiger partial charge is 0.237 e. The summed E-state index contributed by atoms with van der Waals surface area (Å²) < 4.78 is 0. The number of nitrogens with two attached hydrogens (primary N) is 1. The second-order valence-corrected chi connectivity index (χ2v) is 5.59. The van der Waals surface area contributed by atoms with E-state index in [9.17, 15) is 4.79 Å². The average Bonchev–Trinajstić information content (AvgIpc) is 2.60. The molecule has 2 saturated heterocycles. The third-order valence-electron chi connectivity index (χ3n) is 4.66. The molecule has 2 atom stereocenters. The van der Waals surface area contributed by atoms with Gasteiger partial charge in [-0.1, -0.05) is 30.3 Å². The predicted molar refractivity (Wildman–Crippen MR) is 78.0 cm³/mol. The van der Waals surface area contributed by atoms with Gasteiger partial charge in [-0.25, -0.2) is 0 Å². The Morgan fingerprint density at radius 2 is 2.00 bits per heavy atom. The molecule has 1 amide bonds. The Balaban J connectivity index is 0.00000133. The molecule has 2 bridgehead atoms. The van der Waals surface area contributed by atoms with E-state index in [1.807, 2.05) is 6.07 Å². The molecule has 0 saturated carbocycles. The molecule has 0 spiro atoms. The van der Waals surface area contributed by atoms with Crippen LogP contribution in [0.5, 0.6) is 0 Å². The fourth-order valence-electron chi connectivity index (χ4n) is 3.70. The van der Waals surface area contributed by atoms with Crippen LogP contribution < -0.4 is 5.73 Å². The van der Waals surface area contributed by atoms with Crippen LogP contribution in [-0.4, -0.2) is 22.4 Å². The third kappa shape index (κ3) is 2.37. The fraction of sp³-hybridized carbons (Fsp3) is 0.533. The zero-order chi connectivity index (χ0) is 12.6. The van der Waals surface area contributed by atoms with Crippen molar-refractivity contribution in [1.29, 1.82) is 0 Å². The highest BCUT2D eigenvalue weighted by Gasteiger charge is 2.52. The first kappa shape index (κ1) is 14.4. The van der Waals surface area contributed by atoms with Crippen molar-refractivity contribution in [3.8, 4) is 0 Å². The highest BCUT2D eigenvalue weighted by molar-refractivity contribution is 5.85. The Bertz CT molecular complexity index is 447. The van der Waals surface area contributed by atoms with Gasteiger partial charge < -0.3 is 5.73 Å². The van der Waals surface area contributed by atoms with E-state index in [0.29, 0.717) is 6.04 Å². The zero-order valence-corrected chi connectivity index (χ0v) is 11.9. The van der Waals surface area contributed by atoms with Crippen LogP contribution in [0.2, 0.25) is 0 Å². The van der Waals surface area contributed by atoms with Crippen molar-refractivity contribution in [1.82, 2.24) is 4.90 Å². The number of benzene rings is 1. The van der Waals surface area contributed by atoms with E-state index < -0.39 is 0 Å². The van der Waals surface area contributed by atoms with Crippen LogP contribution in [0.15, 0.2) is 30.3 Å². The number of fused-ring (bicyclic) bond motifs is 2. The van der Waals surface area contributed by atoms with Crippen LogP contribution in [0.3, 0.4) is 0 Å². The minimum absolute atomic E-state index is 0. The molecule has 2 aliphatic rings. The van der Waals surface area contributed by atoms with Crippen LogP contribution in [0.4, 0.5) is 0 Å². The standard InChI is InChI=1S/C15H20N2O.ClH/c16-14(18)15-9-4-7-13(8-10-15)17(15)11-12-5-2-1-3-6-12;/h1-3,5-6,13H,4,7-11H2,(H2,16,18);1H. The summed E-state index contributed by atoms with van der Waals surface area (Å²) in [5.74, 6) is -0.124. The maximum atomic E-state index is 11.9. The molecule has 4 heteroatoms. The molecule has 19 heavy (non-hydrogen) atoms. The molecule has 104 valence electrons. The summed E-state index contributed by atoms with van der Waals surface area (Å²) in [7, 11) is 0. The molecule has 1 aromatic rings. The second-order valence-electron chi connectivity index (χ2n) is 5.59. The van der Waals surface area contributed by atoms with Gasteiger partial charge in [0.15, 0.2) is 0 Å². The number of hydrogen-bond donors (Lipinski definition) is 1. The van der Waals surface area contributed by atoms with Gasteiger partial charge in [-0.15, -0.1) is 12.4 Å². The number of hydrogen-bond acceptors (Lipinski definition) is 2. The summed E-state index contributed by atoms with van der Waals surface area (Å²) in [6.45, 7) is 0.856. The van der Waals surface area contributed by atoms with Crippen LogP contribution >= 0.6 is 12.4 Å². The summed E-state index contributed by atoms with van der Waals surface area (Å²) >= 11 is 0. The summed E-state index contributed by atoms with van der Waals surface area (Å²) in [6, 6.07) is 10.9. The summed E-state index contributed by atoms with van der Waals surface area (Å²) in [6.07, 6.45) is 5.35. The van der Waals surface area contributed by atoms with E-state index in [2.05, 4.69) is 29.2 Å². The molecular weight excluding hydrogens is 260 g/mol. The number of piperidine rings is 1. The highest BCUT2D eigenvalue weighted by Crippen LogP contribution is 2.44. The number of amides is 1. The molecule has 0 aliphatic carbocycles. The van der Waals surface area contributed by atoms with Crippen LogP contribution in [0.25, 0.3) is 0 Å². The van der Waals surface area contributed by atoms with Gasteiger partial charge in [0.25, 0.3) is 0 Å². The van der Waals surface area contributed by atoms with Crippen molar-refractivity contribution >= 4 is 18.3 Å². The Labute approximate surface area is 120 Å². The van der Waals surface area contributed by atoms with Gasteiger partial charge >= 0.3 is 0 Å². The van der Waals surface area contributed by atoms with Gasteiger partial charge in [0.1, 0.15) is 5.54 Å². The normalized spacial score (nSPS) is 29.8. The topological polar surface area (TPSA) is 46.3 Å². The molecular formula is C15H21ClN2O. The lowest BCUT2D eigenvalue weighted by Gasteiger charge is -2.42. The minimum atomic E-state index is -0.362. The molecule has 3 nitrogen and oxygen atoms in total. The molecule has 2 N–H and O–H groups in total. The van der Waals surface area contributed by atoms with Crippen molar-refractivity contribution in [3.05, 3.63) is 35.9 Å². The minimum Gasteiger partial charge on any atom is -0.368 e. The summed E-state index contributed by atoms with van der Waals surface area (Å²) in [5, 5.41) is 0. The lowest BCUT2D eigenvalue weighted by atomic mass is 9.87. The fourth-order valence-corrected chi connectivity index (χ4v) is 3.70. The monoisotopic (exact) mass is 280 g/mol. The molecule has 2 fully saturated rings. The average molecular weight is 281 g/mol. The van der Waals surface area contributed by atoms with Crippen molar-refractivity contribution in [2.45, 2.75) is 50.2 Å². The van der Waals surface area contributed by atoms with Gasteiger partial charge in [-0.3, -0.25) is 9.69 Å². The van der Waals surface area contributed by atoms with E-state index in [4.69, 9.17) is 5.73 Å². The second kappa shape index (κ2) is 5.51. The van der Waals surface area contributed by atoms with Gasteiger partial charge in [-0.2, -0.15) is 0 Å². The quantitative estimate of drug-likeness (QED) is 0.925.